The number of sulfonamides is 1. The second kappa shape index (κ2) is 6.36. The van der Waals surface area contributed by atoms with Gasteiger partial charge in [0.1, 0.15) is 0 Å². The van der Waals surface area contributed by atoms with Gasteiger partial charge < -0.3 is 0 Å². The first-order valence-electron chi connectivity index (χ1n) is 6.27. The number of benzene rings is 2. The van der Waals surface area contributed by atoms with Gasteiger partial charge in [-0.25, -0.2) is 8.42 Å². The molecule has 0 fully saturated rings. The first kappa shape index (κ1) is 16.3. The van der Waals surface area contributed by atoms with Crippen LogP contribution in [0, 0.1) is 6.92 Å². The van der Waals surface area contributed by atoms with Gasteiger partial charge in [0.25, 0.3) is 0 Å². The molecular weight excluding hydrogens is 329 g/mol. The highest BCUT2D eigenvalue weighted by Gasteiger charge is 2.21. The van der Waals surface area contributed by atoms with Crippen LogP contribution < -0.4 is 0 Å². The second-order valence-corrected chi connectivity index (χ2v) is 7.68. The number of hydrogen-bond donors (Lipinski definition) is 0. The molecule has 0 aliphatic carbocycles. The number of aryl methyl sites for hydroxylation is 1. The van der Waals surface area contributed by atoms with Gasteiger partial charge in [0, 0.05) is 13.6 Å². The number of nitrogens with zero attached hydrogens (tertiary/aromatic N) is 1. The predicted molar refractivity (Wildman–Crippen MR) is 86.3 cm³/mol. The van der Waals surface area contributed by atoms with Crippen molar-refractivity contribution in [3.8, 4) is 0 Å². The largest absolute Gasteiger partial charge is 0.243 e. The van der Waals surface area contributed by atoms with E-state index < -0.39 is 10.0 Å². The van der Waals surface area contributed by atoms with Crippen LogP contribution in [0.4, 0.5) is 0 Å². The highest BCUT2D eigenvalue weighted by molar-refractivity contribution is 7.89. The molecule has 0 heterocycles. The minimum absolute atomic E-state index is 0.131. The van der Waals surface area contributed by atoms with E-state index in [-0.39, 0.29) is 9.92 Å². The minimum atomic E-state index is -3.60. The summed E-state index contributed by atoms with van der Waals surface area (Å²) in [6.45, 7) is 2.28. The lowest BCUT2D eigenvalue weighted by atomic mass is 10.1. The van der Waals surface area contributed by atoms with E-state index in [1.54, 1.807) is 0 Å². The monoisotopic (exact) mass is 343 g/mol. The van der Waals surface area contributed by atoms with Crippen molar-refractivity contribution in [1.29, 1.82) is 0 Å². The van der Waals surface area contributed by atoms with E-state index in [9.17, 15) is 8.42 Å². The lowest BCUT2D eigenvalue weighted by molar-refractivity contribution is 0.466. The Hall–Kier alpha value is -1.07. The van der Waals surface area contributed by atoms with E-state index in [4.69, 9.17) is 23.2 Å². The molecule has 3 nitrogen and oxygen atoms in total. The molecule has 0 saturated heterocycles. The number of hydrogen-bond acceptors (Lipinski definition) is 2. The molecule has 2 aromatic rings. The zero-order valence-corrected chi connectivity index (χ0v) is 14.0. The van der Waals surface area contributed by atoms with Crippen LogP contribution in [0.3, 0.4) is 0 Å². The maximum Gasteiger partial charge on any atom is 0.243 e. The van der Waals surface area contributed by atoms with Crippen LogP contribution in [0.15, 0.2) is 47.4 Å². The van der Waals surface area contributed by atoms with Gasteiger partial charge in [-0.3, -0.25) is 0 Å². The molecule has 0 radical (unpaired) electrons. The van der Waals surface area contributed by atoms with E-state index in [1.165, 1.54) is 29.6 Å². The summed E-state index contributed by atoms with van der Waals surface area (Å²) in [5.74, 6) is 0. The maximum atomic E-state index is 12.5. The summed E-state index contributed by atoms with van der Waals surface area (Å²) in [5.41, 5.74) is 2.06. The van der Waals surface area contributed by atoms with Crippen molar-refractivity contribution in [2.75, 3.05) is 7.05 Å². The maximum absolute atomic E-state index is 12.5. The molecule has 0 unspecified atom stereocenters. The predicted octanol–water partition coefficient (Wildman–Crippen LogP) is 4.12. The molecule has 0 aromatic heterocycles. The highest BCUT2D eigenvalue weighted by Crippen LogP contribution is 2.26. The SMILES string of the molecule is Cc1ccc(CN(C)S(=O)(=O)c2ccc(Cl)c(Cl)c2)cc1. The topological polar surface area (TPSA) is 37.4 Å². The summed E-state index contributed by atoms with van der Waals surface area (Å²) in [7, 11) is -2.06. The first-order chi connectivity index (χ1) is 9.80. The summed E-state index contributed by atoms with van der Waals surface area (Å²) in [6.07, 6.45) is 0. The average molecular weight is 344 g/mol. The van der Waals surface area contributed by atoms with Crippen molar-refractivity contribution in [3.63, 3.8) is 0 Å². The van der Waals surface area contributed by atoms with Crippen molar-refractivity contribution in [2.45, 2.75) is 18.4 Å². The van der Waals surface area contributed by atoms with E-state index in [1.807, 2.05) is 31.2 Å². The van der Waals surface area contributed by atoms with Crippen LogP contribution in [0.1, 0.15) is 11.1 Å². The molecule has 0 spiro atoms. The molecule has 112 valence electrons. The van der Waals surface area contributed by atoms with Crippen molar-refractivity contribution in [2.24, 2.45) is 0 Å². The fourth-order valence-electron chi connectivity index (χ4n) is 1.85. The third-order valence-corrected chi connectivity index (χ3v) is 5.66. The fraction of sp³-hybridized carbons (Fsp3) is 0.200. The summed E-state index contributed by atoms with van der Waals surface area (Å²) >= 11 is 11.7. The summed E-state index contributed by atoms with van der Waals surface area (Å²) in [5, 5.41) is 0.554. The molecule has 21 heavy (non-hydrogen) atoms. The second-order valence-electron chi connectivity index (χ2n) is 4.82. The molecule has 2 aromatic carbocycles. The van der Waals surface area contributed by atoms with Gasteiger partial charge in [-0.2, -0.15) is 4.31 Å². The van der Waals surface area contributed by atoms with Crippen LogP contribution >= 0.6 is 23.2 Å². The molecule has 0 amide bonds. The Morgan fingerprint density at radius 2 is 1.62 bits per heavy atom. The Morgan fingerprint density at radius 1 is 1.00 bits per heavy atom. The Labute approximate surface area is 135 Å². The summed E-state index contributed by atoms with van der Waals surface area (Å²) in [4.78, 5) is 0.131. The van der Waals surface area contributed by atoms with Crippen LogP contribution in [-0.2, 0) is 16.6 Å². The van der Waals surface area contributed by atoms with Gasteiger partial charge >= 0.3 is 0 Å². The standard InChI is InChI=1S/C15H15Cl2NO2S/c1-11-3-5-12(6-4-11)10-18(2)21(19,20)13-7-8-14(16)15(17)9-13/h3-9H,10H2,1-2H3. The average Bonchev–Trinajstić information content (AvgIpc) is 2.44. The van der Waals surface area contributed by atoms with Gasteiger partial charge in [-0.1, -0.05) is 53.0 Å². The van der Waals surface area contributed by atoms with Gasteiger partial charge in [0.15, 0.2) is 0 Å². The highest BCUT2D eigenvalue weighted by atomic mass is 35.5. The Kier molecular flexibility index (Phi) is 4.94. The molecular formula is C15H15Cl2NO2S. The van der Waals surface area contributed by atoms with E-state index >= 15 is 0 Å². The molecule has 0 bridgehead atoms. The number of halogens is 2. The minimum Gasteiger partial charge on any atom is -0.207 e. The van der Waals surface area contributed by atoms with Crippen LogP contribution in [-0.4, -0.2) is 19.8 Å². The molecule has 0 atom stereocenters. The zero-order valence-electron chi connectivity index (χ0n) is 11.7. The summed E-state index contributed by atoms with van der Waals surface area (Å²) < 4.78 is 26.3. The van der Waals surface area contributed by atoms with Crippen molar-refractivity contribution in [1.82, 2.24) is 4.31 Å². The molecule has 0 aliphatic heterocycles. The van der Waals surface area contributed by atoms with Gasteiger partial charge in [0.2, 0.25) is 10.0 Å². The van der Waals surface area contributed by atoms with Gasteiger partial charge in [-0.15, -0.1) is 0 Å². The van der Waals surface area contributed by atoms with Crippen molar-refractivity contribution >= 4 is 33.2 Å². The van der Waals surface area contributed by atoms with E-state index in [0.29, 0.717) is 11.6 Å². The molecule has 0 aliphatic rings. The lowest BCUT2D eigenvalue weighted by Crippen LogP contribution is -2.26. The zero-order chi connectivity index (χ0) is 15.6. The van der Waals surface area contributed by atoms with Gasteiger partial charge in [-0.05, 0) is 30.7 Å². The Balaban J connectivity index is 2.25. The molecule has 2 rings (SSSR count). The third-order valence-electron chi connectivity index (χ3n) is 3.13. The third kappa shape index (κ3) is 3.77. The lowest BCUT2D eigenvalue weighted by Gasteiger charge is -2.17. The normalized spacial score (nSPS) is 11.9. The van der Waals surface area contributed by atoms with Crippen molar-refractivity contribution in [3.05, 3.63) is 63.6 Å². The quantitative estimate of drug-likeness (QED) is 0.837. The molecule has 0 N–H and O–H groups in total. The molecule has 0 saturated carbocycles. The van der Waals surface area contributed by atoms with E-state index in [2.05, 4.69) is 0 Å². The smallest absolute Gasteiger partial charge is 0.207 e. The Morgan fingerprint density at radius 3 is 2.19 bits per heavy atom. The molecule has 6 heteroatoms. The first-order valence-corrected chi connectivity index (χ1v) is 8.47. The van der Waals surface area contributed by atoms with Crippen molar-refractivity contribution < 1.29 is 8.42 Å². The fourth-order valence-corrected chi connectivity index (χ4v) is 3.40. The van der Waals surface area contributed by atoms with E-state index in [0.717, 1.165) is 11.1 Å². The van der Waals surface area contributed by atoms with Gasteiger partial charge in [0.05, 0.1) is 14.9 Å². The summed E-state index contributed by atoms with van der Waals surface area (Å²) in [6, 6.07) is 12.0. The van der Waals surface area contributed by atoms with Crippen LogP contribution in [0.25, 0.3) is 0 Å². The Bertz CT molecular complexity index is 743. The number of rotatable bonds is 4. The van der Waals surface area contributed by atoms with Crippen LogP contribution in [0.2, 0.25) is 10.0 Å². The van der Waals surface area contributed by atoms with Crippen LogP contribution in [0.5, 0.6) is 0 Å².